The number of pyridine rings is 1. The van der Waals surface area contributed by atoms with Gasteiger partial charge in [0.15, 0.2) is 0 Å². The van der Waals surface area contributed by atoms with Gasteiger partial charge in [-0.15, -0.1) is 0 Å². The number of nitrogens with zero attached hydrogens (tertiary/aromatic N) is 3. The summed E-state index contributed by atoms with van der Waals surface area (Å²) in [6, 6.07) is 6.35. The topological polar surface area (TPSA) is 36.4 Å². The van der Waals surface area contributed by atoms with E-state index in [-0.39, 0.29) is 11.9 Å². The number of hydrogen-bond acceptors (Lipinski definition) is 3. The first-order valence-corrected chi connectivity index (χ1v) is 8.30. The summed E-state index contributed by atoms with van der Waals surface area (Å²) in [6.07, 6.45) is 4.63. The van der Waals surface area contributed by atoms with E-state index in [1.807, 2.05) is 4.90 Å². The second kappa shape index (κ2) is 6.61. The summed E-state index contributed by atoms with van der Waals surface area (Å²) in [5, 5.41) is 0. The van der Waals surface area contributed by atoms with Crippen LogP contribution in [-0.4, -0.2) is 40.3 Å². The van der Waals surface area contributed by atoms with Crippen LogP contribution in [0, 0.1) is 0 Å². The van der Waals surface area contributed by atoms with Crippen molar-refractivity contribution in [3.63, 3.8) is 0 Å². The molecule has 0 radical (unpaired) electrons. The van der Waals surface area contributed by atoms with Gasteiger partial charge in [0.05, 0.1) is 17.4 Å². The number of aromatic nitrogens is 1. The first kappa shape index (κ1) is 15.2. The molecule has 1 aromatic rings. The third kappa shape index (κ3) is 3.22. The normalized spacial score (nSPS) is 22.2. The number of amides is 1. The molecule has 0 spiro atoms. The lowest BCUT2D eigenvalue weighted by molar-refractivity contribution is -0.128. The molecule has 3 rings (SSSR count). The molecule has 2 fully saturated rings. The second-order valence-electron chi connectivity index (χ2n) is 6.47. The van der Waals surface area contributed by atoms with E-state index in [0.29, 0.717) is 5.57 Å². The Bertz CT molecular complexity index is 563. The molecule has 1 atom stereocenters. The molecule has 1 unspecified atom stereocenters. The number of rotatable bonds is 4. The third-order valence-electron chi connectivity index (χ3n) is 4.63. The summed E-state index contributed by atoms with van der Waals surface area (Å²) in [5.74, 6) is 0.0641. The molecule has 1 amide bonds. The Labute approximate surface area is 132 Å². The molecule has 2 aliphatic heterocycles. The lowest BCUT2D eigenvalue weighted by Crippen LogP contribution is -2.31. The molecular weight excluding hydrogens is 274 g/mol. The van der Waals surface area contributed by atoms with Crippen molar-refractivity contribution >= 4 is 5.91 Å². The first-order valence-electron chi connectivity index (χ1n) is 8.30. The Morgan fingerprint density at radius 3 is 2.77 bits per heavy atom. The molecule has 2 aliphatic rings. The standard InChI is InChI=1S/C18H25N3O/c1-14(2)18(22)21-12-6-9-17(21)16-8-5-7-15(19-16)13-20-10-3-4-11-20/h5,7-8,17H,1,3-4,6,9-13H2,2H3. The maximum Gasteiger partial charge on any atom is 0.249 e. The van der Waals surface area contributed by atoms with Crippen LogP contribution in [0.2, 0.25) is 0 Å². The molecule has 0 aliphatic carbocycles. The van der Waals surface area contributed by atoms with E-state index >= 15 is 0 Å². The fourth-order valence-electron chi connectivity index (χ4n) is 3.50. The molecular formula is C18H25N3O. The highest BCUT2D eigenvalue weighted by Crippen LogP contribution is 2.32. The van der Waals surface area contributed by atoms with Crippen molar-refractivity contribution in [3.05, 3.63) is 41.7 Å². The van der Waals surface area contributed by atoms with Crippen LogP contribution in [0.4, 0.5) is 0 Å². The van der Waals surface area contributed by atoms with Gasteiger partial charge < -0.3 is 4.90 Å². The smallest absolute Gasteiger partial charge is 0.249 e. The zero-order valence-electron chi connectivity index (χ0n) is 13.4. The van der Waals surface area contributed by atoms with Gasteiger partial charge in [-0.25, -0.2) is 0 Å². The highest BCUT2D eigenvalue weighted by molar-refractivity contribution is 5.92. The van der Waals surface area contributed by atoms with Gasteiger partial charge in [-0.05, 0) is 57.8 Å². The number of carbonyl (C=O) groups is 1. The highest BCUT2D eigenvalue weighted by atomic mass is 16.2. The predicted molar refractivity (Wildman–Crippen MR) is 87.3 cm³/mol. The molecule has 118 valence electrons. The quantitative estimate of drug-likeness (QED) is 0.802. The summed E-state index contributed by atoms with van der Waals surface area (Å²) >= 11 is 0. The molecule has 2 saturated heterocycles. The Hall–Kier alpha value is -1.68. The SMILES string of the molecule is C=C(C)C(=O)N1CCCC1c1cccc(CN2CCCC2)n1. The van der Waals surface area contributed by atoms with Crippen LogP contribution in [-0.2, 0) is 11.3 Å². The van der Waals surface area contributed by atoms with Gasteiger partial charge in [0.2, 0.25) is 5.91 Å². The van der Waals surface area contributed by atoms with Crippen LogP contribution < -0.4 is 0 Å². The van der Waals surface area contributed by atoms with Gasteiger partial charge in [0, 0.05) is 18.7 Å². The Morgan fingerprint density at radius 1 is 1.27 bits per heavy atom. The van der Waals surface area contributed by atoms with Crippen LogP contribution in [0.3, 0.4) is 0 Å². The van der Waals surface area contributed by atoms with Gasteiger partial charge in [-0.3, -0.25) is 14.7 Å². The number of likely N-dealkylation sites (tertiary alicyclic amines) is 2. The average Bonchev–Trinajstić information content (AvgIpc) is 3.17. The first-order chi connectivity index (χ1) is 10.6. The van der Waals surface area contributed by atoms with E-state index in [1.54, 1.807) is 6.92 Å². The van der Waals surface area contributed by atoms with Crippen molar-refractivity contribution in [1.82, 2.24) is 14.8 Å². The van der Waals surface area contributed by atoms with Gasteiger partial charge >= 0.3 is 0 Å². The lowest BCUT2D eigenvalue weighted by atomic mass is 10.1. The van der Waals surface area contributed by atoms with Crippen LogP contribution in [0.15, 0.2) is 30.4 Å². The fraction of sp³-hybridized carbons (Fsp3) is 0.556. The summed E-state index contributed by atoms with van der Waals surface area (Å²) in [5.41, 5.74) is 2.76. The molecule has 3 heterocycles. The van der Waals surface area contributed by atoms with E-state index in [0.717, 1.165) is 37.3 Å². The number of hydrogen-bond donors (Lipinski definition) is 0. The largest absolute Gasteiger partial charge is 0.330 e. The molecule has 0 aromatic carbocycles. The maximum atomic E-state index is 12.3. The van der Waals surface area contributed by atoms with Crippen molar-refractivity contribution < 1.29 is 4.79 Å². The molecule has 4 nitrogen and oxygen atoms in total. The van der Waals surface area contributed by atoms with Gasteiger partial charge in [0.1, 0.15) is 0 Å². The van der Waals surface area contributed by atoms with Crippen LogP contribution >= 0.6 is 0 Å². The van der Waals surface area contributed by atoms with Gasteiger partial charge in [-0.1, -0.05) is 12.6 Å². The monoisotopic (exact) mass is 299 g/mol. The van der Waals surface area contributed by atoms with Crippen molar-refractivity contribution in [2.45, 2.75) is 45.2 Å². The Morgan fingerprint density at radius 2 is 2.05 bits per heavy atom. The minimum absolute atomic E-state index is 0.0641. The minimum Gasteiger partial charge on any atom is -0.330 e. The van der Waals surface area contributed by atoms with Gasteiger partial charge in [0.25, 0.3) is 0 Å². The van der Waals surface area contributed by atoms with Crippen LogP contribution in [0.25, 0.3) is 0 Å². The maximum absolute atomic E-state index is 12.3. The molecule has 0 bridgehead atoms. The zero-order valence-corrected chi connectivity index (χ0v) is 13.4. The summed E-state index contributed by atoms with van der Waals surface area (Å²) in [6.45, 7) is 9.67. The zero-order chi connectivity index (χ0) is 15.5. The third-order valence-corrected chi connectivity index (χ3v) is 4.63. The number of carbonyl (C=O) groups excluding carboxylic acids is 1. The summed E-state index contributed by atoms with van der Waals surface area (Å²) in [4.78, 5) is 21.5. The van der Waals surface area contributed by atoms with E-state index in [1.165, 1.54) is 25.9 Å². The highest BCUT2D eigenvalue weighted by Gasteiger charge is 2.31. The molecule has 4 heteroatoms. The van der Waals surface area contributed by atoms with E-state index < -0.39 is 0 Å². The average molecular weight is 299 g/mol. The fourth-order valence-corrected chi connectivity index (χ4v) is 3.50. The Kier molecular flexibility index (Phi) is 4.57. The molecule has 0 N–H and O–H groups in total. The Balaban J connectivity index is 1.75. The van der Waals surface area contributed by atoms with E-state index in [4.69, 9.17) is 4.98 Å². The minimum atomic E-state index is 0.0641. The van der Waals surface area contributed by atoms with E-state index in [2.05, 4.69) is 29.7 Å². The second-order valence-corrected chi connectivity index (χ2v) is 6.47. The summed E-state index contributed by atoms with van der Waals surface area (Å²) in [7, 11) is 0. The van der Waals surface area contributed by atoms with Crippen molar-refractivity contribution in [3.8, 4) is 0 Å². The summed E-state index contributed by atoms with van der Waals surface area (Å²) < 4.78 is 0. The lowest BCUT2D eigenvalue weighted by Gasteiger charge is -2.25. The van der Waals surface area contributed by atoms with Crippen molar-refractivity contribution in [2.24, 2.45) is 0 Å². The van der Waals surface area contributed by atoms with Crippen molar-refractivity contribution in [2.75, 3.05) is 19.6 Å². The molecule has 22 heavy (non-hydrogen) atoms. The van der Waals surface area contributed by atoms with Crippen LogP contribution in [0.1, 0.15) is 50.0 Å². The van der Waals surface area contributed by atoms with Crippen molar-refractivity contribution in [1.29, 1.82) is 0 Å². The molecule has 1 aromatic heterocycles. The predicted octanol–water partition coefficient (Wildman–Crippen LogP) is 2.92. The van der Waals surface area contributed by atoms with Gasteiger partial charge in [-0.2, -0.15) is 0 Å². The molecule has 0 saturated carbocycles. The van der Waals surface area contributed by atoms with E-state index in [9.17, 15) is 4.79 Å². The van der Waals surface area contributed by atoms with Crippen LogP contribution in [0.5, 0.6) is 0 Å².